The lowest BCUT2D eigenvalue weighted by Crippen LogP contribution is -2.56. The largest absolute Gasteiger partial charge is 0.387 e. The van der Waals surface area contributed by atoms with Gasteiger partial charge in [0.15, 0.2) is 0 Å². The second kappa shape index (κ2) is 7.81. The average Bonchev–Trinajstić information content (AvgIpc) is 2.61. The van der Waals surface area contributed by atoms with Crippen molar-refractivity contribution in [1.29, 1.82) is 0 Å². The van der Waals surface area contributed by atoms with Crippen LogP contribution in [0, 0.1) is 0 Å². The summed E-state index contributed by atoms with van der Waals surface area (Å²) in [6, 6.07) is 4.30. The van der Waals surface area contributed by atoms with Crippen molar-refractivity contribution < 1.29 is 9.84 Å². The molecule has 2 fully saturated rings. The van der Waals surface area contributed by atoms with Crippen LogP contribution in [0.25, 0.3) is 0 Å². The molecule has 1 unspecified atom stereocenters. The number of hydrogen-bond donors (Lipinski definition) is 1. The van der Waals surface area contributed by atoms with Crippen molar-refractivity contribution in [1.82, 2.24) is 9.88 Å². The third-order valence-corrected chi connectivity index (χ3v) is 5.43. The number of hydrogen-bond acceptors (Lipinski definition) is 5. The molecule has 2 aliphatic rings. The number of morpholine rings is 1. The van der Waals surface area contributed by atoms with Crippen molar-refractivity contribution in [3.63, 3.8) is 0 Å². The summed E-state index contributed by atoms with van der Waals surface area (Å²) in [4.78, 5) is 9.26. The fraction of sp³-hybridized carbons (Fsp3) is 0.737. The second-order valence-corrected chi connectivity index (χ2v) is 7.39. The first-order valence-electron chi connectivity index (χ1n) is 9.33. The second-order valence-electron chi connectivity index (χ2n) is 7.39. The quantitative estimate of drug-likeness (QED) is 0.896. The summed E-state index contributed by atoms with van der Waals surface area (Å²) in [5.74, 6) is 0.499. The fourth-order valence-electron chi connectivity index (χ4n) is 3.72. The average molecular weight is 333 g/mol. The molecule has 5 heteroatoms. The molecular weight excluding hydrogens is 302 g/mol. The third kappa shape index (κ3) is 4.26. The highest BCUT2D eigenvalue weighted by Crippen LogP contribution is 2.28. The molecule has 2 aliphatic heterocycles. The van der Waals surface area contributed by atoms with Gasteiger partial charge >= 0.3 is 0 Å². The van der Waals surface area contributed by atoms with Gasteiger partial charge in [-0.15, -0.1) is 0 Å². The molecule has 3 rings (SSSR count). The SMILES string of the molecule is CCC(C)c1ccc(N2CCC[C@](O)(CN3CCOCC3)C2)cn1. The molecule has 1 aromatic rings. The van der Waals surface area contributed by atoms with E-state index in [4.69, 9.17) is 4.74 Å². The molecule has 0 saturated carbocycles. The summed E-state index contributed by atoms with van der Waals surface area (Å²) in [5, 5.41) is 11.1. The van der Waals surface area contributed by atoms with Gasteiger partial charge in [-0.1, -0.05) is 13.8 Å². The van der Waals surface area contributed by atoms with Gasteiger partial charge in [0, 0.05) is 38.4 Å². The number of pyridine rings is 1. The van der Waals surface area contributed by atoms with Crippen LogP contribution in [0.2, 0.25) is 0 Å². The van der Waals surface area contributed by atoms with Crippen molar-refractivity contribution >= 4 is 5.69 Å². The van der Waals surface area contributed by atoms with Gasteiger partial charge in [-0.05, 0) is 37.3 Å². The van der Waals surface area contributed by atoms with Gasteiger partial charge in [0.1, 0.15) is 0 Å². The van der Waals surface area contributed by atoms with Crippen molar-refractivity contribution in [3.05, 3.63) is 24.0 Å². The van der Waals surface area contributed by atoms with Crippen LogP contribution in [-0.2, 0) is 4.74 Å². The highest BCUT2D eigenvalue weighted by atomic mass is 16.5. The number of piperidine rings is 1. The van der Waals surface area contributed by atoms with Crippen molar-refractivity contribution in [2.45, 2.75) is 44.6 Å². The lowest BCUT2D eigenvalue weighted by atomic mass is 9.91. The van der Waals surface area contributed by atoms with Crippen molar-refractivity contribution in [2.75, 3.05) is 50.8 Å². The highest BCUT2D eigenvalue weighted by molar-refractivity contribution is 5.46. The molecule has 24 heavy (non-hydrogen) atoms. The predicted octanol–water partition coefficient (Wildman–Crippen LogP) is 2.26. The van der Waals surface area contributed by atoms with Gasteiger partial charge in [-0.2, -0.15) is 0 Å². The Morgan fingerprint density at radius 3 is 2.75 bits per heavy atom. The van der Waals surface area contributed by atoms with E-state index in [9.17, 15) is 5.11 Å². The Morgan fingerprint density at radius 2 is 2.08 bits per heavy atom. The van der Waals surface area contributed by atoms with E-state index < -0.39 is 5.60 Å². The normalized spacial score (nSPS) is 27.2. The minimum absolute atomic E-state index is 0.499. The van der Waals surface area contributed by atoms with Gasteiger partial charge in [0.25, 0.3) is 0 Å². The molecule has 5 nitrogen and oxygen atoms in total. The zero-order valence-electron chi connectivity index (χ0n) is 15.1. The molecule has 1 aromatic heterocycles. The van der Waals surface area contributed by atoms with E-state index in [1.807, 2.05) is 6.20 Å². The zero-order chi connectivity index (χ0) is 17.0. The van der Waals surface area contributed by atoms with Crippen LogP contribution in [0.15, 0.2) is 18.3 Å². The third-order valence-electron chi connectivity index (χ3n) is 5.43. The van der Waals surface area contributed by atoms with Crippen LogP contribution < -0.4 is 4.90 Å². The van der Waals surface area contributed by atoms with Crippen LogP contribution in [-0.4, -0.2) is 66.5 Å². The van der Waals surface area contributed by atoms with E-state index in [2.05, 4.69) is 40.8 Å². The van der Waals surface area contributed by atoms with Crippen molar-refractivity contribution in [2.24, 2.45) is 0 Å². The minimum Gasteiger partial charge on any atom is -0.387 e. The van der Waals surface area contributed by atoms with Crippen LogP contribution in [0.4, 0.5) is 5.69 Å². The Balaban J connectivity index is 1.63. The minimum atomic E-state index is -0.634. The number of aromatic nitrogens is 1. The molecule has 3 heterocycles. The molecule has 0 aliphatic carbocycles. The molecule has 1 N–H and O–H groups in total. The van der Waals surface area contributed by atoms with Crippen LogP contribution in [0.5, 0.6) is 0 Å². The van der Waals surface area contributed by atoms with Gasteiger partial charge in [-0.3, -0.25) is 9.88 Å². The molecule has 0 bridgehead atoms. The van der Waals surface area contributed by atoms with Crippen LogP contribution in [0.3, 0.4) is 0 Å². The number of β-amino-alcohol motifs (C(OH)–C–C–N with tert-alkyl or cyclic N) is 1. The lowest BCUT2D eigenvalue weighted by Gasteiger charge is -2.43. The maximum Gasteiger partial charge on any atom is 0.0948 e. The summed E-state index contributed by atoms with van der Waals surface area (Å²) in [5.41, 5.74) is 1.65. The van der Waals surface area contributed by atoms with E-state index in [0.717, 1.165) is 70.0 Å². The molecule has 2 atom stereocenters. The van der Waals surface area contributed by atoms with Gasteiger partial charge in [0.2, 0.25) is 0 Å². The van der Waals surface area contributed by atoms with Gasteiger partial charge in [0.05, 0.1) is 30.7 Å². The number of rotatable bonds is 5. The first-order valence-corrected chi connectivity index (χ1v) is 9.33. The van der Waals surface area contributed by atoms with E-state index >= 15 is 0 Å². The van der Waals surface area contributed by atoms with E-state index in [1.54, 1.807) is 0 Å². The number of aliphatic hydroxyl groups is 1. The molecule has 0 radical (unpaired) electrons. The molecule has 134 valence electrons. The Morgan fingerprint density at radius 1 is 1.29 bits per heavy atom. The summed E-state index contributed by atoms with van der Waals surface area (Å²) in [6.45, 7) is 10.2. The Bertz CT molecular complexity index is 516. The van der Waals surface area contributed by atoms with Crippen LogP contribution in [0.1, 0.15) is 44.7 Å². The first kappa shape index (κ1) is 17.6. The van der Waals surface area contributed by atoms with Crippen molar-refractivity contribution in [3.8, 4) is 0 Å². The van der Waals surface area contributed by atoms with E-state index in [0.29, 0.717) is 12.5 Å². The first-order chi connectivity index (χ1) is 11.6. The van der Waals surface area contributed by atoms with Crippen LogP contribution >= 0.6 is 0 Å². The number of anilines is 1. The Hall–Kier alpha value is -1.17. The monoisotopic (exact) mass is 333 g/mol. The maximum atomic E-state index is 11.1. The zero-order valence-corrected chi connectivity index (χ0v) is 15.1. The van der Waals surface area contributed by atoms with E-state index in [1.165, 1.54) is 0 Å². The van der Waals surface area contributed by atoms with Gasteiger partial charge < -0.3 is 14.7 Å². The Labute approximate surface area is 145 Å². The molecule has 2 saturated heterocycles. The number of ether oxygens (including phenoxy) is 1. The summed E-state index contributed by atoms with van der Waals surface area (Å²) >= 11 is 0. The summed E-state index contributed by atoms with van der Waals surface area (Å²) in [7, 11) is 0. The molecule has 0 aromatic carbocycles. The number of nitrogens with zero attached hydrogens (tertiary/aromatic N) is 3. The summed E-state index contributed by atoms with van der Waals surface area (Å²) in [6.07, 6.45) is 4.98. The highest BCUT2D eigenvalue weighted by Gasteiger charge is 2.35. The molecular formula is C19H31N3O2. The smallest absolute Gasteiger partial charge is 0.0948 e. The Kier molecular flexibility index (Phi) is 5.74. The molecule has 0 amide bonds. The van der Waals surface area contributed by atoms with E-state index in [-0.39, 0.29) is 0 Å². The summed E-state index contributed by atoms with van der Waals surface area (Å²) < 4.78 is 5.41. The topological polar surface area (TPSA) is 48.8 Å². The standard InChI is InChI=1S/C19H31N3O2/c1-3-16(2)18-6-5-17(13-20-18)22-8-4-7-19(23,15-22)14-21-9-11-24-12-10-21/h5-6,13,16,23H,3-4,7-12,14-15H2,1-2H3/t16?,19-/m0/s1. The fourth-order valence-corrected chi connectivity index (χ4v) is 3.72. The van der Waals surface area contributed by atoms with Gasteiger partial charge in [-0.25, -0.2) is 0 Å². The maximum absolute atomic E-state index is 11.1. The lowest BCUT2D eigenvalue weighted by molar-refractivity contribution is -0.0382. The molecule has 0 spiro atoms. The predicted molar refractivity (Wildman–Crippen MR) is 96.6 cm³/mol.